The average molecular weight is 210 g/mol. The molecular formula is C11H18N2O2. The Balaban J connectivity index is 2.69. The second-order valence-electron chi connectivity index (χ2n) is 4.26. The molecule has 15 heavy (non-hydrogen) atoms. The fourth-order valence-corrected chi connectivity index (χ4v) is 1.71. The van der Waals surface area contributed by atoms with Gasteiger partial charge in [-0.25, -0.2) is 0 Å². The van der Waals surface area contributed by atoms with Crippen molar-refractivity contribution in [2.45, 2.75) is 39.8 Å². The molecule has 0 bridgehead atoms. The van der Waals surface area contributed by atoms with Gasteiger partial charge in [-0.1, -0.05) is 11.6 Å². The van der Waals surface area contributed by atoms with E-state index in [2.05, 4.69) is 0 Å². The molecule has 0 radical (unpaired) electrons. The zero-order valence-electron chi connectivity index (χ0n) is 9.49. The van der Waals surface area contributed by atoms with Gasteiger partial charge in [0.05, 0.1) is 12.1 Å². The number of carbonyl (C=O) groups excluding carboxylic acids is 2. The minimum absolute atomic E-state index is 0.132. The van der Waals surface area contributed by atoms with E-state index in [-0.39, 0.29) is 17.7 Å². The van der Waals surface area contributed by atoms with Crippen molar-refractivity contribution in [1.29, 1.82) is 0 Å². The van der Waals surface area contributed by atoms with Crippen molar-refractivity contribution in [2.24, 2.45) is 11.7 Å². The van der Waals surface area contributed by atoms with Crippen molar-refractivity contribution >= 4 is 11.8 Å². The predicted octanol–water partition coefficient (Wildman–Crippen LogP) is 1.02. The molecule has 2 amide bonds. The quantitative estimate of drug-likeness (QED) is 0.559. The number of nitrogens with zero attached hydrogens (tertiary/aromatic N) is 1. The predicted molar refractivity (Wildman–Crippen MR) is 57.7 cm³/mol. The van der Waals surface area contributed by atoms with Gasteiger partial charge in [-0.3, -0.25) is 14.5 Å². The third kappa shape index (κ3) is 2.65. The molecule has 4 heteroatoms. The van der Waals surface area contributed by atoms with Crippen LogP contribution in [-0.2, 0) is 9.59 Å². The maximum absolute atomic E-state index is 11.8. The number of carbonyl (C=O) groups is 2. The standard InChI is InChI=1S/C11H18N2O2/c1-7(2)4-5-9-6-10(14)13(8(3)12)11(9)15/h4,8-9H,5-6,12H2,1-3H3. The van der Waals surface area contributed by atoms with E-state index in [1.165, 1.54) is 4.90 Å². The second-order valence-corrected chi connectivity index (χ2v) is 4.26. The molecule has 0 saturated carbocycles. The van der Waals surface area contributed by atoms with Gasteiger partial charge in [0.15, 0.2) is 0 Å². The van der Waals surface area contributed by atoms with E-state index in [9.17, 15) is 9.59 Å². The molecule has 0 spiro atoms. The molecule has 0 aromatic rings. The Morgan fingerprint density at radius 1 is 1.60 bits per heavy atom. The molecule has 0 aromatic carbocycles. The van der Waals surface area contributed by atoms with Crippen molar-refractivity contribution in [2.75, 3.05) is 0 Å². The Morgan fingerprint density at radius 3 is 2.60 bits per heavy atom. The van der Waals surface area contributed by atoms with Crippen LogP contribution in [0.1, 0.15) is 33.6 Å². The third-order valence-electron chi connectivity index (χ3n) is 2.49. The van der Waals surface area contributed by atoms with Crippen LogP contribution in [0.5, 0.6) is 0 Å². The summed E-state index contributed by atoms with van der Waals surface area (Å²) < 4.78 is 0. The Labute approximate surface area is 90.1 Å². The van der Waals surface area contributed by atoms with Crippen LogP contribution >= 0.6 is 0 Å². The Hall–Kier alpha value is -1.16. The first-order valence-corrected chi connectivity index (χ1v) is 5.18. The summed E-state index contributed by atoms with van der Waals surface area (Å²) in [5.74, 6) is -0.493. The van der Waals surface area contributed by atoms with Crippen LogP contribution in [0.4, 0.5) is 0 Å². The highest BCUT2D eigenvalue weighted by atomic mass is 16.2. The monoisotopic (exact) mass is 210 g/mol. The minimum atomic E-state index is -0.512. The minimum Gasteiger partial charge on any atom is -0.311 e. The molecule has 1 rings (SSSR count). The maximum Gasteiger partial charge on any atom is 0.234 e. The highest BCUT2D eigenvalue weighted by molar-refractivity contribution is 6.03. The number of allylic oxidation sites excluding steroid dienone is 2. The van der Waals surface area contributed by atoms with Crippen molar-refractivity contribution in [3.05, 3.63) is 11.6 Å². The summed E-state index contributed by atoms with van der Waals surface area (Å²) >= 11 is 0. The lowest BCUT2D eigenvalue weighted by Gasteiger charge is -2.18. The zero-order valence-corrected chi connectivity index (χ0v) is 9.49. The number of rotatable bonds is 3. The molecule has 2 unspecified atom stereocenters. The molecule has 2 N–H and O–H groups in total. The van der Waals surface area contributed by atoms with Gasteiger partial charge in [0, 0.05) is 6.42 Å². The number of hydrogen-bond acceptors (Lipinski definition) is 3. The van der Waals surface area contributed by atoms with Crippen LogP contribution in [0.2, 0.25) is 0 Å². The highest BCUT2D eigenvalue weighted by Crippen LogP contribution is 2.24. The number of imide groups is 1. The van der Waals surface area contributed by atoms with Crippen LogP contribution in [0.15, 0.2) is 11.6 Å². The van der Waals surface area contributed by atoms with Gasteiger partial charge in [0.1, 0.15) is 0 Å². The summed E-state index contributed by atoms with van der Waals surface area (Å²) in [6.45, 7) is 5.61. The first-order chi connectivity index (χ1) is 6.93. The van der Waals surface area contributed by atoms with Crippen LogP contribution in [-0.4, -0.2) is 22.9 Å². The van der Waals surface area contributed by atoms with E-state index in [1.54, 1.807) is 6.92 Å². The molecule has 1 aliphatic heterocycles. The van der Waals surface area contributed by atoms with E-state index in [4.69, 9.17) is 5.73 Å². The molecule has 2 atom stereocenters. The smallest absolute Gasteiger partial charge is 0.234 e. The lowest BCUT2D eigenvalue weighted by molar-refractivity contribution is -0.141. The number of hydrogen-bond donors (Lipinski definition) is 1. The molecule has 84 valence electrons. The summed E-state index contributed by atoms with van der Waals surface area (Å²) in [6, 6.07) is 0. The van der Waals surface area contributed by atoms with Gasteiger partial charge in [-0.15, -0.1) is 0 Å². The van der Waals surface area contributed by atoms with E-state index in [0.717, 1.165) is 5.57 Å². The van der Waals surface area contributed by atoms with Crippen molar-refractivity contribution in [3.8, 4) is 0 Å². The Kier molecular flexibility index (Phi) is 3.63. The number of nitrogens with two attached hydrogens (primary N) is 1. The van der Waals surface area contributed by atoms with E-state index >= 15 is 0 Å². The Morgan fingerprint density at radius 2 is 2.20 bits per heavy atom. The largest absolute Gasteiger partial charge is 0.311 e. The van der Waals surface area contributed by atoms with Gasteiger partial charge >= 0.3 is 0 Å². The van der Waals surface area contributed by atoms with E-state index < -0.39 is 6.17 Å². The molecule has 0 aromatic heterocycles. The van der Waals surface area contributed by atoms with Gasteiger partial charge < -0.3 is 5.73 Å². The molecule has 1 aliphatic rings. The number of likely N-dealkylation sites (tertiary alicyclic amines) is 1. The molecule has 0 aliphatic carbocycles. The van der Waals surface area contributed by atoms with E-state index in [0.29, 0.717) is 12.8 Å². The normalized spacial score (nSPS) is 23.2. The van der Waals surface area contributed by atoms with Crippen LogP contribution in [0.25, 0.3) is 0 Å². The van der Waals surface area contributed by atoms with Crippen LogP contribution < -0.4 is 5.73 Å². The lowest BCUT2D eigenvalue weighted by Crippen LogP contribution is -2.43. The van der Waals surface area contributed by atoms with Crippen LogP contribution in [0, 0.1) is 5.92 Å². The third-order valence-corrected chi connectivity index (χ3v) is 2.49. The fraction of sp³-hybridized carbons (Fsp3) is 0.636. The summed E-state index contributed by atoms with van der Waals surface area (Å²) in [5.41, 5.74) is 6.73. The van der Waals surface area contributed by atoms with Crippen molar-refractivity contribution in [1.82, 2.24) is 4.90 Å². The summed E-state index contributed by atoms with van der Waals surface area (Å²) in [4.78, 5) is 24.4. The topological polar surface area (TPSA) is 63.4 Å². The van der Waals surface area contributed by atoms with Crippen LogP contribution in [0.3, 0.4) is 0 Å². The molecule has 1 heterocycles. The summed E-state index contributed by atoms with van der Waals surface area (Å²) in [5, 5.41) is 0. The molecule has 1 fully saturated rings. The van der Waals surface area contributed by atoms with Gasteiger partial charge in [-0.05, 0) is 27.2 Å². The van der Waals surface area contributed by atoms with Gasteiger partial charge in [0.2, 0.25) is 11.8 Å². The summed E-state index contributed by atoms with van der Waals surface area (Å²) in [7, 11) is 0. The Bertz CT molecular complexity index is 304. The van der Waals surface area contributed by atoms with Crippen molar-refractivity contribution in [3.63, 3.8) is 0 Å². The molecule has 4 nitrogen and oxygen atoms in total. The molecule has 1 saturated heterocycles. The fourth-order valence-electron chi connectivity index (χ4n) is 1.71. The molecular weight excluding hydrogens is 192 g/mol. The number of amides is 2. The van der Waals surface area contributed by atoms with Crippen molar-refractivity contribution < 1.29 is 9.59 Å². The zero-order chi connectivity index (χ0) is 11.6. The van der Waals surface area contributed by atoms with E-state index in [1.807, 2.05) is 19.9 Å². The first kappa shape index (κ1) is 11.9. The second kappa shape index (κ2) is 4.57. The average Bonchev–Trinajstić information content (AvgIpc) is 2.37. The highest BCUT2D eigenvalue weighted by Gasteiger charge is 2.39. The SMILES string of the molecule is CC(C)=CCC1CC(=O)N(C(C)N)C1=O. The first-order valence-electron chi connectivity index (χ1n) is 5.18. The maximum atomic E-state index is 11.8. The van der Waals surface area contributed by atoms with Gasteiger partial charge in [-0.2, -0.15) is 0 Å². The van der Waals surface area contributed by atoms with Gasteiger partial charge in [0.25, 0.3) is 0 Å². The lowest BCUT2D eigenvalue weighted by atomic mass is 10.0. The summed E-state index contributed by atoms with van der Waals surface area (Å²) in [6.07, 6.45) is 2.41.